The van der Waals surface area contributed by atoms with Crippen LogP contribution in [0.5, 0.6) is 0 Å². The van der Waals surface area contributed by atoms with Gasteiger partial charge in [0.25, 0.3) is 0 Å². The highest BCUT2D eigenvalue weighted by atomic mass is 79.9. The van der Waals surface area contributed by atoms with Crippen molar-refractivity contribution in [1.29, 1.82) is 0 Å². The van der Waals surface area contributed by atoms with E-state index in [-0.39, 0.29) is 11.9 Å². The SMILES string of the molecule is CCCCCCCC(N)Cc1ccc(F)cc1Br. The van der Waals surface area contributed by atoms with Crippen LogP contribution in [-0.4, -0.2) is 6.04 Å². The van der Waals surface area contributed by atoms with Crippen molar-refractivity contribution >= 4 is 15.9 Å². The second-order valence-electron chi connectivity index (χ2n) is 4.90. The van der Waals surface area contributed by atoms with Crippen molar-refractivity contribution in [3.05, 3.63) is 34.1 Å². The smallest absolute Gasteiger partial charge is 0.124 e. The van der Waals surface area contributed by atoms with Crippen LogP contribution in [-0.2, 0) is 6.42 Å². The van der Waals surface area contributed by atoms with E-state index in [1.807, 2.05) is 6.07 Å². The van der Waals surface area contributed by atoms with E-state index < -0.39 is 0 Å². The summed E-state index contributed by atoms with van der Waals surface area (Å²) < 4.78 is 13.8. The van der Waals surface area contributed by atoms with Crippen LogP contribution >= 0.6 is 15.9 Å². The highest BCUT2D eigenvalue weighted by Gasteiger charge is 2.07. The zero-order chi connectivity index (χ0) is 13.4. The Morgan fingerprint density at radius 1 is 1.22 bits per heavy atom. The molecule has 1 aromatic rings. The van der Waals surface area contributed by atoms with Crippen molar-refractivity contribution in [2.24, 2.45) is 5.73 Å². The van der Waals surface area contributed by atoms with E-state index >= 15 is 0 Å². The molecule has 102 valence electrons. The molecule has 0 saturated carbocycles. The van der Waals surface area contributed by atoms with Crippen molar-refractivity contribution in [1.82, 2.24) is 0 Å². The van der Waals surface area contributed by atoms with Gasteiger partial charge in [-0.2, -0.15) is 0 Å². The standard InChI is InChI=1S/C15H23BrFN/c1-2-3-4-5-6-7-14(18)10-12-8-9-13(17)11-15(12)16/h8-9,11,14H,2-7,10,18H2,1H3. The Bertz CT molecular complexity index is 354. The third-order valence-electron chi connectivity index (χ3n) is 3.18. The highest BCUT2D eigenvalue weighted by Crippen LogP contribution is 2.20. The maximum Gasteiger partial charge on any atom is 0.124 e. The van der Waals surface area contributed by atoms with Crippen LogP contribution in [0.4, 0.5) is 4.39 Å². The summed E-state index contributed by atoms with van der Waals surface area (Å²) in [5.41, 5.74) is 7.21. The normalized spacial score (nSPS) is 12.7. The molecule has 1 aromatic carbocycles. The number of hydrogen-bond acceptors (Lipinski definition) is 1. The molecule has 3 heteroatoms. The van der Waals surface area contributed by atoms with E-state index in [2.05, 4.69) is 22.9 Å². The summed E-state index contributed by atoms with van der Waals surface area (Å²) in [5, 5.41) is 0. The maximum absolute atomic E-state index is 12.9. The minimum absolute atomic E-state index is 0.174. The lowest BCUT2D eigenvalue weighted by molar-refractivity contribution is 0.537. The quantitative estimate of drug-likeness (QED) is 0.684. The van der Waals surface area contributed by atoms with Crippen LogP contribution in [0.25, 0.3) is 0 Å². The topological polar surface area (TPSA) is 26.0 Å². The van der Waals surface area contributed by atoms with E-state index in [9.17, 15) is 4.39 Å². The number of benzene rings is 1. The fourth-order valence-corrected chi connectivity index (χ4v) is 2.59. The monoisotopic (exact) mass is 315 g/mol. The summed E-state index contributed by atoms with van der Waals surface area (Å²) in [5.74, 6) is -0.209. The number of hydrogen-bond donors (Lipinski definition) is 1. The summed E-state index contributed by atoms with van der Waals surface area (Å²) >= 11 is 3.38. The molecule has 0 spiro atoms. The van der Waals surface area contributed by atoms with Gasteiger partial charge in [0.2, 0.25) is 0 Å². The number of halogens is 2. The molecule has 2 N–H and O–H groups in total. The van der Waals surface area contributed by atoms with Gasteiger partial charge < -0.3 is 5.73 Å². The van der Waals surface area contributed by atoms with Gasteiger partial charge in [0.05, 0.1) is 0 Å². The largest absolute Gasteiger partial charge is 0.327 e. The molecule has 1 atom stereocenters. The molecule has 0 amide bonds. The summed E-state index contributed by atoms with van der Waals surface area (Å²) in [6, 6.07) is 4.99. The molecule has 0 fully saturated rings. The van der Waals surface area contributed by atoms with Crippen LogP contribution in [0.3, 0.4) is 0 Å². The zero-order valence-corrected chi connectivity index (χ0v) is 12.7. The minimum atomic E-state index is -0.209. The number of unbranched alkanes of at least 4 members (excludes halogenated alkanes) is 4. The van der Waals surface area contributed by atoms with Crippen LogP contribution in [0.2, 0.25) is 0 Å². The van der Waals surface area contributed by atoms with Gasteiger partial charge in [-0.05, 0) is 30.5 Å². The fourth-order valence-electron chi connectivity index (χ4n) is 2.08. The Labute approximate surface area is 118 Å². The van der Waals surface area contributed by atoms with Gasteiger partial charge in [0.15, 0.2) is 0 Å². The third-order valence-corrected chi connectivity index (χ3v) is 3.91. The van der Waals surface area contributed by atoms with Crippen LogP contribution < -0.4 is 5.73 Å². The zero-order valence-electron chi connectivity index (χ0n) is 11.1. The summed E-state index contributed by atoms with van der Waals surface area (Å²) in [4.78, 5) is 0. The first-order chi connectivity index (χ1) is 8.63. The lowest BCUT2D eigenvalue weighted by Gasteiger charge is -2.12. The molecule has 0 heterocycles. The molecular formula is C15H23BrFN. The Kier molecular flexibility index (Phi) is 7.52. The maximum atomic E-state index is 12.9. The van der Waals surface area contributed by atoms with E-state index in [0.29, 0.717) is 0 Å². The average molecular weight is 316 g/mol. The Morgan fingerprint density at radius 3 is 2.61 bits per heavy atom. The van der Waals surface area contributed by atoms with Crippen LogP contribution in [0, 0.1) is 5.82 Å². The van der Waals surface area contributed by atoms with E-state index in [1.165, 1.54) is 44.2 Å². The second kappa shape index (κ2) is 8.65. The van der Waals surface area contributed by atoms with Crippen molar-refractivity contribution < 1.29 is 4.39 Å². The van der Waals surface area contributed by atoms with Gasteiger partial charge in [-0.15, -0.1) is 0 Å². The lowest BCUT2D eigenvalue weighted by Crippen LogP contribution is -2.22. The molecule has 1 rings (SSSR count). The van der Waals surface area contributed by atoms with Gasteiger partial charge in [0.1, 0.15) is 5.82 Å². The fraction of sp³-hybridized carbons (Fsp3) is 0.600. The lowest BCUT2D eigenvalue weighted by atomic mass is 10.0. The van der Waals surface area contributed by atoms with Gasteiger partial charge in [-0.25, -0.2) is 4.39 Å². The third kappa shape index (κ3) is 5.96. The summed E-state index contributed by atoms with van der Waals surface area (Å²) in [7, 11) is 0. The van der Waals surface area contributed by atoms with E-state index in [4.69, 9.17) is 5.73 Å². The van der Waals surface area contributed by atoms with Crippen LogP contribution in [0.15, 0.2) is 22.7 Å². The Morgan fingerprint density at radius 2 is 1.94 bits per heavy atom. The van der Waals surface area contributed by atoms with Crippen molar-refractivity contribution in [2.75, 3.05) is 0 Å². The molecule has 1 nitrogen and oxygen atoms in total. The molecule has 0 bridgehead atoms. The first-order valence-corrected chi connectivity index (χ1v) is 7.62. The van der Waals surface area contributed by atoms with Crippen molar-refractivity contribution in [3.63, 3.8) is 0 Å². The molecular weight excluding hydrogens is 293 g/mol. The van der Waals surface area contributed by atoms with Crippen LogP contribution in [0.1, 0.15) is 51.0 Å². The highest BCUT2D eigenvalue weighted by molar-refractivity contribution is 9.10. The molecule has 0 aliphatic carbocycles. The Hall–Kier alpha value is -0.410. The van der Waals surface area contributed by atoms with E-state index in [1.54, 1.807) is 0 Å². The second-order valence-corrected chi connectivity index (χ2v) is 5.76. The van der Waals surface area contributed by atoms with Crippen molar-refractivity contribution in [2.45, 2.75) is 57.9 Å². The average Bonchev–Trinajstić information content (AvgIpc) is 2.32. The van der Waals surface area contributed by atoms with Gasteiger partial charge >= 0.3 is 0 Å². The number of nitrogens with two attached hydrogens (primary N) is 1. The first kappa shape index (κ1) is 15.6. The summed E-state index contributed by atoms with van der Waals surface area (Å²) in [6.07, 6.45) is 8.23. The molecule has 0 aromatic heterocycles. The molecule has 18 heavy (non-hydrogen) atoms. The van der Waals surface area contributed by atoms with Gasteiger partial charge in [-0.1, -0.05) is 61.0 Å². The molecule has 1 unspecified atom stereocenters. The molecule has 0 aliphatic heterocycles. The predicted molar refractivity (Wildman–Crippen MR) is 79.2 cm³/mol. The van der Waals surface area contributed by atoms with E-state index in [0.717, 1.165) is 22.9 Å². The first-order valence-electron chi connectivity index (χ1n) is 6.83. The van der Waals surface area contributed by atoms with Crippen molar-refractivity contribution in [3.8, 4) is 0 Å². The summed E-state index contributed by atoms with van der Waals surface area (Å²) in [6.45, 7) is 2.22. The predicted octanol–water partition coefficient (Wildman–Crippen LogP) is 4.82. The molecule has 0 saturated heterocycles. The van der Waals surface area contributed by atoms with Gasteiger partial charge in [0, 0.05) is 10.5 Å². The number of rotatable bonds is 8. The molecule has 0 radical (unpaired) electrons. The minimum Gasteiger partial charge on any atom is -0.327 e. The van der Waals surface area contributed by atoms with Gasteiger partial charge in [-0.3, -0.25) is 0 Å². The Balaban J connectivity index is 2.28. The molecule has 0 aliphatic rings.